The van der Waals surface area contributed by atoms with Crippen LogP contribution in [0, 0.1) is 5.82 Å². The molecule has 0 aromatic heterocycles. The van der Waals surface area contributed by atoms with Crippen LogP contribution in [0.4, 0.5) is 4.39 Å². The second-order valence-electron chi connectivity index (χ2n) is 3.72. The molecular weight excluding hydrogens is 245 g/mol. The van der Waals surface area contributed by atoms with Gasteiger partial charge in [-0.15, -0.1) is 0 Å². The van der Waals surface area contributed by atoms with E-state index in [4.69, 9.17) is 16.3 Å². The van der Waals surface area contributed by atoms with Crippen molar-refractivity contribution >= 4 is 11.6 Å². The number of rotatable bonds is 7. The molecule has 1 atom stereocenters. The van der Waals surface area contributed by atoms with E-state index in [0.29, 0.717) is 6.54 Å². The van der Waals surface area contributed by atoms with Crippen LogP contribution >= 0.6 is 11.6 Å². The summed E-state index contributed by atoms with van der Waals surface area (Å²) in [5.41, 5.74) is 0. The van der Waals surface area contributed by atoms with Crippen LogP contribution in [-0.4, -0.2) is 30.9 Å². The SMILES string of the molecule is CCCNCC(O)COc1c(F)cccc1Cl. The molecule has 0 saturated heterocycles. The van der Waals surface area contributed by atoms with Gasteiger partial charge >= 0.3 is 0 Å². The van der Waals surface area contributed by atoms with Crippen molar-refractivity contribution in [1.82, 2.24) is 5.32 Å². The van der Waals surface area contributed by atoms with Crippen LogP contribution in [0.25, 0.3) is 0 Å². The predicted molar refractivity (Wildman–Crippen MR) is 66.1 cm³/mol. The maximum Gasteiger partial charge on any atom is 0.173 e. The molecule has 17 heavy (non-hydrogen) atoms. The number of hydrogen-bond donors (Lipinski definition) is 2. The third kappa shape index (κ3) is 4.89. The molecule has 0 amide bonds. The van der Waals surface area contributed by atoms with Crippen LogP contribution in [-0.2, 0) is 0 Å². The summed E-state index contributed by atoms with van der Waals surface area (Å²) in [6, 6.07) is 4.31. The standard InChI is InChI=1S/C12H17ClFNO2/c1-2-6-15-7-9(16)8-17-12-10(13)4-3-5-11(12)14/h3-5,9,15-16H,2,6-8H2,1H3. The molecule has 0 heterocycles. The van der Waals surface area contributed by atoms with Crippen molar-refractivity contribution in [3.63, 3.8) is 0 Å². The molecule has 0 bridgehead atoms. The lowest BCUT2D eigenvalue weighted by Gasteiger charge is -2.14. The molecule has 1 aromatic rings. The molecule has 0 radical (unpaired) electrons. The third-order valence-corrected chi connectivity index (χ3v) is 2.44. The van der Waals surface area contributed by atoms with Crippen LogP contribution in [0.1, 0.15) is 13.3 Å². The Labute approximate surface area is 106 Å². The summed E-state index contributed by atoms with van der Waals surface area (Å²) >= 11 is 5.78. The fourth-order valence-corrected chi connectivity index (χ4v) is 1.52. The van der Waals surface area contributed by atoms with Gasteiger partial charge in [-0.3, -0.25) is 0 Å². The van der Waals surface area contributed by atoms with Gasteiger partial charge in [-0.05, 0) is 25.1 Å². The van der Waals surface area contributed by atoms with Gasteiger partial charge in [0.2, 0.25) is 0 Å². The van der Waals surface area contributed by atoms with E-state index in [1.165, 1.54) is 12.1 Å². The Balaban J connectivity index is 2.39. The Bertz CT molecular complexity index is 329. The summed E-state index contributed by atoms with van der Waals surface area (Å²) in [4.78, 5) is 0. The van der Waals surface area contributed by atoms with Gasteiger partial charge < -0.3 is 15.2 Å². The van der Waals surface area contributed by atoms with E-state index in [-0.39, 0.29) is 17.4 Å². The van der Waals surface area contributed by atoms with Crippen LogP contribution in [0.3, 0.4) is 0 Å². The minimum atomic E-state index is -0.683. The maximum atomic E-state index is 13.3. The number of halogens is 2. The molecule has 0 fully saturated rings. The lowest BCUT2D eigenvalue weighted by atomic mass is 10.3. The Hall–Kier alpha value is -0.840. The fourth-order valence-electron chi connectivity index (χ4n) is 1.30. The summed E-state index contributed by atoms with van der Waals surface area (Å²) in [5, 5.41) is 12.8. The van der Waals surface area contributed by atoms with Gasteiger partial charge in [0.15, 0.2) is 11.6 Å². The number of aliphatic hydroxyl groups excluding tert-OH is 1. The van der Waals surface area contributed by atoms with Gasteiger partial charge in [0, 0.05) is 6.54 Å². The first-order valence-electron chi connectivity index (χ1n) is 5.60. The molecule has 0 aliphatic carbocycles. The first kappa shape index (κ1) is 14.2. The second-order valence-corrected chi connectivity index (χ2v) is 4.13. The third-order valence-electron chi connectivity index (χ3n) is 2.15. The predicted octanol–water partition coefficient (Wildman–Crippen LogP) is 2.22. The number of ether oxygens (including phenoxy) is 1. The lowest BCUT2D eigenvalue weighted by Crippen LogP contribution is -2.31. The first-order chi connectivity index (χ1) is 8.15. The van der Waals surface area contributed by atoms with Crippen LogP contribution < -0.4 is 10.1 Å². The van der Waals surface area contributed by atoms with Crippen molar-refractivity contribution in [3.8, 4) is 5.75 Å². The summed E-state index contributed by atoms with van der Waals surface area (Å²) < 4.78 is 18.5. The molecule has 1 rings (SSSR count). The van der Waals surface area contributed by atoms with Crippen molar-refractivity contribution in [2.45, 2.75) is 19.4 Å². The monoisotopic (exact) mass is 261 g/mol. The fraction of sp³-hybridized carbons (Fsp3) is 0.500. The van der Waals surface area contributed by atoms with E-state index in [9.17, 15) is 9.50 Å². The highest BCUT2D eigenvalue weighted by molar-refractivity contribution is 6.32. The normalized spacial score (nSPS) is 12.5. The van der Waals surface area contributed by atoms with E-state index >= 15 is 0 Å². The minimum Gasteiger partial charge on any atom is -0.486 e. The van der Waals surface area contributed by atoms with Gasteiger partial charge in [0.05, 0.1) is 5.02 Å². The van der Waals surface area contributed by atoms with Crippen molar-refractivity contribution in [2.24, 2.45) is 0 Å². The molecule has 0 spiro atoms. The highest BCUT2D eigenvalue weighted by Crippen LogP contribution is 2.27. The molecule has 5 heteroatoms. The van der Waals surface area contributed by atoms with Gasteiger partial charge in [0.1, 0.15) is 12.7 Å². The summed E-state index contributed by atoms with van der Waals surface area (Å²) in [6.45, 7) is 3.30. The van der Waals surface area contributed by atoms with Crippen LogP contribution in [0.5, 0.6) is 5.75 Å². The molecule has 0 aliphatic heterocycles. The highest BCUT2D eigenvalue weighted by atomic mass is 35.5. The highest BCUT2D eigenvalue weighted by Gasteiger charge is 2.10. The number of aliphatic hydroxyl groups is 1. The molecule has 1 unspecified atom stereocenters. The van der Waals surface area contributed by atoms with Crippen molar-refractivity contribution in [2.75, 3.05) is 19.7 Å². The van der Waals surface area contributed by atoms with Crippen molar-refractivity contribution < 1.29 is 14.2 Å². The van der Waals surface area contributed by atoms with E-state index < -0.39 is 11.9 Å². The molecule has 1 aromatic carbocycles. The number of nitrogens with one attached hydrogen (secondary N) is 1. The van der Waals surface area contributed by atoms with Gasteiger partial charge in [-0.1, -0.05) is 24.6 Å². The smallest absolute Gasteiger partial charge is 0.173 e. The Morgan fingerprint density at radius 1 is 1.53 bits per heavy atom. The first-order valence-corrected chi connectivity index (χ1v) is 5.98. The molecule has 96 valence electrons. The quantitative estimate of drug-likeness (QED) is 0.740. The van der Waals surface area contributed by atoms with E-state index in [1.54, 1.807) is 6.07 Å². The summed E-state index contributed by atoms with van der Waals surface area (Å²) in [5.74, 6) is -0.532. The Morgan fingerprint density at radius 3 is 2.94 bits per heavy atom. The zero-order valence-corrected chi connectivity index (χ0v) is 10.5. The summed E-state index contributed by atoms with van der Waals surface area (Å²) in [7, 11) is 0. The molecule has 2 N–H and O–H groups in total. The van der Waals surface area contributed by atoms with Crippen molar-refractivity contribution in [1.29, 1.82) is 0 Å². The molecule has 0 aliphatic rings. The Kier molecular flexibility index (Phi) is 6.26. The van der Waals surface area contributed by atoms with E-state index in [2.05, 4.69) is 5.32 Å². The molecular formula is C12H17ClFNO2. The molecule has 0 saturated carbocycles. The summed E-state index contributed by atoms with van der Waals surface area (Å²) in [6.07, 6.45) is 0.310. The van der Waals surface area contributed by atoms with Gasteiger partial charge in [-0.2, -0.15) is 0 Å². The van der Waals surface area contributed by atoms with E-state index in [1.807, 2.05) is 6.92 Å². The van der Waals surface area contributed by atoms with Gasteiger partial charge in [-0.25, -0.2) is 4.39 Å². The van der Waals surface area contributed by atoms with E-state index in [0.717, 1.165) is 13.0 Å². The average molecular weight is 262 g/mol. The minimum absolute atomic E-state index is 0.0105. The van der Waals surface area contributed by atoms with Crippen LogP contribution in [0.15, 0.2) is 18.2 Å². The average Bonchev–Trinajstić information content (AvgIpc) is 2.29. The Morgan fingerprint density at radius 2 is 2.29 bits per heavy atom. The second kappa shape index (κ2) is 7.48. The zero-order chi connectivity index (χ0) is 12.7. The topological polar surface area (TPSA) is 41.5 Å². The number of benzene rings is 1. The molecule has 3 nitrogen and oxygen atoms in total. The van der Waals surface area contributed by atoms with Gasteiger partial charge in [0.25, 0.3) is 0 Å². The maximum absolute atomic E-state index is 13.3. The zero-order valence-electron chi connectivity index (χ0n) is 9.75. The number of hydrogen-bond acceptors (Lipinski definition) is 3. The number of para-hydroxylation sites is 1. The van der Waals surface area contributed by atoms with Crippen molar-refractivity contribution in [3.05, 3.63) is 29.0 Å². The van der Waals surface area contributed by atoms with Crippen LogP contribution in [0.2, 0.25) is 5.02 Å². The lowest BCUT2D eigenvalue weighted by molar-refractivity contribution is 0.104. The largest absolute Gasteiger partial charge is 0.486 e.